The smallest absolute Gasteiger partial charge is 0.416 e. The minimum absolute atomic E-state index is 0.00111. The van der Waals surface area contributed by atoms with E-state index >= 15 is 0 Å². The average Bonchev–Trinajstić information content (AvgIpc) is 0.948. The van der Waals surface area contributed by atoms with Crippen molar-refractivity contribution in [2.45, 2.75) is 279 Å². The standard InChI is InChI=1S/C14H18F3NO.C14H19NO3.2C13H18FNO.C13H18N2O3.C10H15N3O3.C10H15N3O.C8H17NO4S.C7H13N5O/c1-3-11(4-2)13(19)18-9-10-5-7-12(8-6-10)14(15,16)17;1-3-11(4-2)13(16)15-9-10-5-7-12(8-6-10)14(17)18;1-3-11(4-2)13(16)15-9-10-5-7-12(14)8-6-10;1-3-11(4-2)13(16)15-9-10-6-5-7-12(14)8-10;1-3-11(4-2)13(16)14-9-10-5-7-12(8-6-10)15(17)18;1-3-6(4-2)8(14)12-7-5-11-10(16)13-9(7)15;1-3-8(4-2)9(14)13-10-11-6-5-7-12-10;1-3-7(4-2)8(10)9-5-6-14(11,12)13;1-3-5(4-2)6(13)8-7-9-11-12-10-7/h5-8,11H,3-4,9H2,1-2H3,(H,18,19);5-8,11H,3-4,9H2,1-2H3,(H,15,16)(H,17,18);2*5-8,11H,3-4,9H2,1-2H3,(H,15,16);5-8,11H,3-4,9H2,1-2H3,(H,14,16);5-6H,3-4H2,1-2H3,(H,12,14)(H2,11,13,15,16);5-8H,3-4H2,1-2H3,(H,11,12,13,14);7H,3-6H2,1-2H3,(H,9,10)(H,11,12,13);5H,3-4H2,1-2H3,(H2,8,9,10,11,12,13). The van der Waals surface area contributed by atoms with Gasteiger partial charge in [-0.25, -0.2) is 28.3 Å². The van der Waals surface area contributed by atoms with Crippen LogP contribution >= 0.6 is 0 Å². The Kier molecular flexibility index (Phi) is 67.6. The fraction of sp³-hybridized carbons (Fsp3) is 0.520. The van der Waals surface area contributed by atoms with E-state index in [1.807, 2.05) is 130 Å². The van der Waals surface area contributed by atoms with Gasteiger partial charge in [0.25, 0.3) is 27.3 Å². The van der Waals surface area contributed by atoms with Gasteiger partial charge >= 0.3 is 17.8 Å². The first kappa shape index (κ1) is 131. The lowest BCUT2D eigenvalue weighted by Gasteiger charge is -2.13. The SMILES string of the molecule is CCC(CC)C(=O)NCCS(=O)(=O)O.CCC(CC)C(=O)NCc1ccc(C(=O)O)cc1.CCC(CC)C(=O)NCc1ccc(C(F)(F)F)cc1.CCC(CC)C(=O)NCc1ccc(F)cc1.CCC(CC)C(=O)NCc1ccc([N+](=O)[O-])cc1.CCC(CC)C(=O)NCc1cccc(F)c1.CCC(CC)C(=O)Nc1c[nH]c(=O)[nH]c1=O.CCC(CC)C(=O)Nc1ncccn1.CCC(CC)C(=O)Nc1nn[nH]n1. The van der Waals surface area contributed by atoms with Crippen LogP contribution in [0.15, 0.2) is 156 Å². The zero-order valence-corrected chi connectivity index (χ0v) is 87.0. The number of aromatic amines is 3. The summed E-state index contributed by atoms with van der Waals surface area (Å²) in [5.41, 5.74) is 2.65. The van der Waals surface area contributed by atoms with Crippen molar-refractivity contribution in [1.29, 1.82) is 0 Å². The molecule has 0 fully saturated rings. The molecule has 0 saturated carbocycles. The zero-order chi connectivity index (χ0) is 109. The van der Waals surface area contributed by atoms with Crippen LogP contribution in [0.4, 0.5) is 45.2 Å². The zero-order valence-electron chi connectivity index (χ0n) is 86.1. The molecule has 0 aliphatic rings. The second-order valence-corrected chi connectivity index (χ2v) is 34.5. The number of carboxylic acid groups (broad SMARTS) is 1. The third kappa shape index (κ3) is 55.3. The lowest BCUT2D eigenvalue weighted by molar-refractivity contribution is -0.384. The average molecular weight is 2040 g/mol. The number of benzene rings is 5. The first-order chi connectivity index (χ1) is 68.4. The molecule has 36 nitrogen and oxygen atoms in total. The van der Waals surface area contributed by atoms with E-state index in [9.17, 15) is 98.0 Å². The largest absolute Gasteiger partial charge is 0.478 e. The Balaban J connectivity index is 0.00000160. The normalized spacial score (nSPS) is 10.7. The number of carboxylic acids is 1. The van der Waals surface area contributed by atoms with E-state index in [0.29, 0.717) is 50.5 Å². The summed E-state index contributed by atoms with van der Waals surface area (Å²) < 4.78 is 91.6. The van der Waals surface area contributed by atoms with Crippen LogP contribution in [-0.4, -0.2) is 135 Å². The Morgan fingerprint density at radius 3 is 1.04 bits per heavy atom. The maximum Gasteiger partial charge on any atom is 0.416 e. The summed E-state index contributed by atoms with van der Waals surface area (Å²) >= 11 is 0. The number of carbonyl (C=O) groups is 10. The predicted molar refractivity (Wildman–Crippen MR) is 546 cm³/mol. The van der Waals surface area contributed by atoms with Gasteiger partial charge in [0.15, 0.2) is 0 Å². The van der Waals surface area contributed by atoms with Gasteiger partial charge in [-0.3, -0.25) is 78.2 Å². The van der Waals surface area contributed by atoms with Gasteiger partial charge in [0.2, 0.25) is 59.1 Å². The van der Waals surface area contributed by atoms with E-state index in [4.69, 9.17) is 9.66 Å². The number of non-ortho nitro benzene ring substituents is 1. The van der Waals surface area contributed by atoms with Gasteiger partial charge in [-0.1, -0.05) is 190 Å². The lowest BCUT2D eigenvalue weighted by atomic mass is 10.0. The topological polar surface area (TPSA) is 543 Å². The lowest BCUT2D eigenvalue weighted by Crippen LogP contribution is -2.33. The molecule has 8 aromatic rings. The van der Waals surface area contributed by atoms with E-state index in [-0.39, 0.29) is 154 Å². The summed E-state index contributed by atoms with van der Waals surface area (Å²) in [6.07, 6.45) is 14.5. The number of nitro benzene ring substituents is 1. The van der Waals surface area contributed by atoms with Crippen molar-refractivity contribution >= 4 is 92.5 Å². The third-order valence-corrected chi connectivity index (χ3v) is 23.8. The van der Waals surface area contributed by atoms with Crippen LogP contribution in [0.3, 0.4) is 0 Å². The van der Waals surface area contributed by atoms with E-state index in [1.54, 1.807) is 79.1 Å². The van der Waals surface area contributed by atoms with E-state index in [1.165, 1.54) is 54.7 Å². The monoisotopic (exact) mass is 2040 g/mol. The van der Waals surface area contributed by atoms with Crippen molar-refractivity contribution in [1.82, 2.24) is 72.5 Å². The fourth-order valence-electron chi connectivity index (χ4n) is 13.4. The Hall–Kier alpha value is -13.4. The second kappa shape index (κ2) is 74.5. The summed E-state index contributed by atoms with van der Waals surface area (Å²) in [7, 11) is -3.97. The Labute approximate surface area is 841 Å². The Morgan fingerprint density at radius 1 is 0.410 bits per heavy atom. The molecule has 0 aliphatic carbocycles. The van der Waals surface area contributed by atoms with E-state index in [0.717, 1.165) is 137 Å². The van der Waals surface area contributed by atoms with Crippen LogP contribution in [0, 0.1) is 75.0 Å². The molecule has 14 N–H and O–H groups in total. The fourth-order valence-corrected chi connectivity index (χ4v) is 13.7. The number of carbonyl (C=O) groups excluding carboxylic acids is 9. The summed E-state index contributed by atoms with van der Waals surface area (Å²) in [6, 6.07) is 31.7. The molecular formula is C102H151F5N18O18S. The maximum atomic E-state index is 12.9. The van der Waals surface area contributed by atoms with Crippen molar-refractivity contribution in [2.75, 3.05) is 28.2 Å². The highest BCUT2D eigenvalue weighted by molar-refractivity contribution is 7.85. The number of aromatic carboxylic acids is 1. The van der Waals surface area contributed by atoms with Crippen LogP contribution in [0.2, 0.25) is 0 Å². The number of halogens is 5. The minimum Gasteiger partial charge on any atom is -0.478 e. The maximum absolute atomic E-state index is 12.9. The number of anilines is 3. The van der Waals surface area contributed by atoms with Gasteiger partial charge in [-0.05, 0) is 203 Å². The molecule has 0 bridgehead atoms. The summed E-state index contributed by atoms with van der Waals surface area (Å²) in [6.45, 7) is 37.3. The van der Waals surface area contributed by atoms with Crippen LogP contribution < -0.4 is 59.1 Å². The molecular weight excluding hydrogens is 1890 g/mol. The highest BCUT2D eigenvalue weighted by atomic mass is 32.2. The molecule has 9 amide bonds. The molecule has 0 saturated heterocycles. The molecule has 3 aromatic heterocycles. The number of alkyl halides is 3. The number of nitro groups is 1. The van der Waals surface area contributed by atoms with Gasteiger partial charge in [0.1, 0.15) is 17.3 Å². The highest BCUT2D eigenvalue weighted by Gasteiger charge is 2.30. The quantitative estimate of drug-likeness (QED) is 0.00729. The van der Waals surface area contributed by atoms with Crippen molar-refractivity contribution < 1.29 is 92.9 Å². The van der Waals surface area contributed by atoms with Crippen LogP contribution in [0.1, 0.15) is 284 Å². The minimum atomic E-state index is -4.32. The van der Waals surface area contributed by atoms with Crippen LogP contribution in [0.5, 0.6) is 0 Å². The van der Waals surface area contributed by atoms with Gasteiger partial charge in [-0.15, -0.1) is 5.10 Å². The number of nitrogens with one attached hydrogen (secondary N) is 12. The summed E-state index contributed by atoms with van der Waals surface area (Å²) in [4.78, 5) is 159. The molecule has 144 heavy (non-hydrogen) atoms. The summed E-state index contributed by atoms with van der Waals surface area (Å²) in [5, 5.41) is 56.4. The molecule has 3 heterocycles. The molecule has 0 unspecified atom stereocenters. The predicted octanol–water partition coefficient (Wildman–Crippen LogP) is 17.9. The molecule has 0 radical (unpaired) electrons. The molecule has 0 spiro atoms. The number of rotatable bonds is 45. The molecule has 0 aliphatic heterocycles. The molecule has 0 atom stereocenters. The van der Waals surface area contributed by atoms with E-state index < -0.39 is 49.8 Å². The van der Waals surface area contributed by atoms with Gasteiger partial charge < -0.3 is 47.3 Å². The number of tetrazole rings is 1. The molecule has 798 valence electrons. The van der Waals surface area contributed by atoms with E-state index in [2.05, 4.69) is 83.4 Å². The summed E-state index contributed by atoms with van der Waals surface area (Å²) in [5.74, 6) is -1.41. The molecule has 5 aromatic carbocycles. The number of hydrogen-bond donors (Lipinski definition) is 14. The number of hydrogen-bond acceptors (Lipinski definition) is 21. The number of H-pyrrole nitrogens is 3. The van der Waals surface area contributed by atoms with Gasteiger partial charge in [-0.2, -0.15) is 26.8 Å². The Morgan fingerprint density at radius 2 is 0.729 bits per heavy atom. The number of aromatic nitrogens is 8. The first-order valence-corrected chi connectivity index (χ1v) is 50.6. The third-order valence-electron chi connectivity index (χ3n) is 23.1. The van der Waals surface area contributed by atoms with Crippen molar-refractivity contribution in [2.24, 2.45) is 53.3 Å². The van der Waals surface area contributed by atoms with Gasteiger partial charge in [0.05, 0.1) is 21.8 Å². The first-order valence-electron chi connectivity index (χ1n) is 49.0. The Bertz CT molecular complexity index is 5170. The number of amides is 9. The van der Waals surface area contributed by atoms with Crippen molar-refractivity contribution in [3.8, 4) is 0 Å². The number of nitrogens with zero attached hydrogens (tertiary/aromatic N) is 6. The highest BCUT2D eigenvalue weighted by Crippen LogP contribution is 2.29. The van der Waals surface area contributed by atoms with Crippen molar-refractivity contribution in [3.05, 3.63) is 228 Å². The molecule has 8 rings (SSSR count). The van der Waals surface area contributed by atoms with Gasteiger partial charge in [0, 0.05) is 123 Å². The second-order valence-electron chi connectivity index (χ2n) is 32.9. The molecule has 42 heteroatoms. The van der Waals surface area contributed by atoms with Crippen LogP contribution in [0.25, 0.3) is 0 Å². The van der Waals surface area contributed by atoms with Crippen molar-refractivity contribution in [3.63, 3.8) is 0 Å². The van der Waals surface area contributed by atoms with Crippen LogP contribution in [-0.2, 0) is 92.2 Å².